The van der Waals surface area contributed by atoms with E-state index in [4.69, 9.17) is 0 Å². The monoisotopic (exact) mass is 595 g/mol. The lowest BCUT2D eigenvalue weighted by atomic mass is 9.92. The summed E-state index contributed by atoms with van der Waals surface area (Å²) in [6.07, 6.45) is 2.74. The van der Waals surface area contributed by atoms with Crippen molar-refractivity contribution in [3.8, 4) is 11.3 Å². The second-order valence-corrected chi connectivity index (χ2v) is 10.9. The van der Waals surface area contributed by atoms with Gasteiger partial charge in [-0.25, -0.2) is 14.4 Å². The number of aromatic nitrogens is 4. The second-order valence-electron chi connectivity index (χ2n) is 10.9. The first kappa shape index (κ1) is 30.3. The van der Waals surface area contributed by atoms with Crippen LogP contribution in [0.25, 0.3) is 22.2 Å². The molecule has 4 aromatic rings. The number of fused-ring (bicyclic) bond motifs is 1. The van der Waals surface area contributed by atoms with E-state index in [2.05, 4.69) is 30.6 Å². The molecule has 2 N–H and O–H groups in total. The maximum absolute atomic E-state index is 14.8. The van der Waals surface area contributed by atoms with Crippen LogP contribution in [0.15, 0.2) is 55.1 Å². The van der Waals surface area contributed by atoms with Gasteiger partial charge in [0.25, 0.3) is 5.91 Å². The van der Waals surface area contributed by atoms with Crippen molar-refractivity contribution in [2.45, 2.75) is 38.3 Å². The SMILES string of the molecule is CNC(=O)c1ccnc2c([C@H](C)CNc3cc(-c4ccc(CC5CCN(CC(F)(F)F)CC5)nc4)ncn3)ccc(F)c12. The number of rotatable bonds is 9. The Bertz CT molecular complexity index is 1570. The number of amides is 1. The molecular formula is C31H33F4N7O. The summed E-state index contributed by atoms with van der Waals surface area (Å²) < 4.78 is 52.7. The average Bonchev–Trinajstić information content (AvgIpc) is 3.00. The summed E-state index contributed by atoms with van der Waals surface area (Å²) in [5.74, 6) is -0.0526. The minimum absolute atomic E-state index is 0.0877. The van der Waals surface area contributed by atoms with E-state index < -0.39 is 18.5 Å². The summed E-state index contributed by atoms with van der Waals surface area (Å²) in [6, 6.07) is 10.3. The van der Waals surface area contributed by atoms with Gasteiger partial charge in [-0.1, -0.05) is 13.0 Å². The van der Waals surface area contributed by atoms with E-state index in [0.29, 0.717) is 42.6 Å². The van der Waals surface area contributed by atoms with E-state index in [1.807, 2.05) is 25.1 Å². The number of hydrogen-bond acceptors (Lipinski definition) is 7. The van der Waals surface area contributed by atoms with Gasteiger partial charge in [0, 0.05) is 54.6 Å². The van der Waals surface area contributed by atoms with Gasteiger partial charge in [-0.3, -0.25) is 19.7 Å². The number of pyridine rings is 2. The zero-order valence-corrected chi connectivity index (χ0v) is 24.0. The molecule has 1 saturated heterocycles. The van der Waals surface area contributed by atoms with Crippen LogP contribution >= 0.6 is 0 Å². The second kappa shape index (κ2) is 13.0. The number of anilines is 1. The Balaban J connectivity index is 1.21. The number of piperidine rings is 1. The van der Waals surface area contributed by atoms with Crippen LogP contribution in [-0.2, 0) is 6.42 Å². The van der Waals surface area contributed by atoms with Crippen LogP contribution in [-0.4, -0.2) is 70.1 Å². The third kappa shape index (κ3) is 7.42. The molecule has 3 aromatic heterocycles. The molecule has 0 bridgehead atoms. The smallest absolute Gasteiger partial charge is 0.369 e. The molecule has 0 unspecified atom stereocenters. The molecule has 0 radical (unpaired) electrons. The van der Waals surface area contributed by atoms with Crippen molar-refractivity contribution in [3.05, 3.63) is 77.8 Å². The Morgan fingerprint density at radius 2 is 1.86 bits per heavy atom. The van der Waals surface area contributed by atoms with Crippen molar-refractivity contribution in [1.29, 1.82) is 0 Å². The van der Waals surface area contributed by atoms with Crippen LogP contribution < -0.4 is 10.6 Å². The number of likely N-dealkylation sites (tertiary alicyclic amines) is 1. The zero-order chi connectivity index (χ0) is 30.6. The predicted octanol–water partition coefficient (Wildman–Crippen LogP) is 5.62. The van der Waals surface area contributed by atoms with Gasteiger partial charge >= 0.3 is 6.18 Å². The van der Waals surface area contributed by atoms with Crippen molar-refractivity contribution >= 4 is 22.6 Å². The molecule has 43 heavy (non-hydrogen) atoms. The van der Waals surface area contributed by atoms with Gasteiger partial charge in [0.05, 0.1) is 23.3 Å². The van der Waals surface area contributed by atoms with E-state index in [1.165, 1.54) is 36.6 Å². The first-order chi connectivity index (χ1) is 20.6. The van der Waals surface area contributed by atoms with E-state index >= 15 is 0 Å². The quantitative estimate of drug-likeness (QED) is 0.243. The number of alkyl halides is 3. The maximum atomic E-state index is 14.8. The molecule has 0 spiro atoms. The van der Waals surface area contributed by atoms with Crippen molar-refractivity contribution in [3.63, 3.8) is 0 Å². The average molecular weight is 596 g/mol. The summed E-state index contributed by atoms with van der Waals surface area (Å²) >= 11 is 0. The van der Waals surface area contributed by atoms with Gasteiger partial charge in [0.2, 0.25) is 0 Å². The summed E-state index contributed by atoms with van der Waals surface area (Å²) in [5, 5.41) is 6.06. The van der Waals surface area contributed by atoms with Crippen molar-refractivity contribution < 1.29 is 22.4 Å². The lowest BCUT2D eigenvalue weighted by Gasteiger charge is -2.32. The number of carbonyl (C=O) groups excluding carboxylic acids is 1. The van der Waals surface area contributed by atoms with E-state index in [1.54, 1.807) is 12.3 Å². The predicted molar refractivity (Wildman–Crippen MR) is 156 cm³/mol. The number of carbonyl (C=O) groups is 1. The molecule has 1 fully saturated rings. The highest BCUT2D eigenvalue weighted by molar-refractivity contribution is 6.06. The van der Waals surface area contributed by atoms with Crippen LogP contribution in [0, 0.1) is 11.7 Å². The van der Waals surface area contributed by atoms with Crippen LogP contribution in [0.4, 0.5) is 23.4 Å². The molecule has 4 heterocycles. The van der Waals surface area contributed by atoms with Crippen LogP contribution in [0.3, 0.4) is 0 Å². The summed E-state index contributed by atoms with van der Waals surface area (Å²) in [6.45, 7) is 2.51. The molecule has 1 aliphatic rings. The molecule has 1 aromatic carbocycles. The van der Waals surface area contributed by atoms with Gasteiger partial charge in [0.15, 0.2) is 0 Å². The summed E-state index contributed by atoms with van der Waals surface area (Å²) in [7, 11) is 1.50. The molecule has 226 valence electrons. The Kier molecular flexibility index (Phi) is 9.14. The number of hydrogen-bond donors (Lipinski definition) is 2. The normalized spacial score (nSPS) is 15.4. The number of nitrogens with one attached hydrogen (secondary N) is 2. The van der Waals surface area contributed by atoms with Crippen LogP contribution in [0.1, 0.15) is 47.3 Å². The molecule has 0 aliphatic carbocycles. The number of benzene rings is 1. The minimum atomic E-state index is -4.16. The molecule has 1 amide bonds. The van der Waals surface area contributed by atoms with E-state index in [0.717, 1.165) is 36.1 Å². The fourth-order valence-corrected chi connectivity index (χ4v) is 5.54. The molecule has 1 atom stereocenters. The fourth-order valence-electron chi connectivity index (χ4n) is 5.54. The highest BCUT2D eigenvalue weighted by Crippen LogP contribution is 2.29. The number of nitrogens with zero attached hydrogens (tertiary/aromatic N) is 5. The van der Waals surface area contributed by atoms with Gasteiger partial charge in [-0.2, -0.15) is 13.2 Å². The Labute approximate surface area is 247 Å². The Hall–Kier alpha value is -4.19. The maximum Gasteiger partial charge on any atom is 0.401 e. The third-order valence-corrected chi connectivity index (χ3v) is 7.86. The number of halogens is 4. The van der Waals surface area contributed by atoms with Crippen molar-refractivity contribution in [2.75, 3.05) is 38.5 Å². The van der Waals surface area contributed by atoms with E-state index in [9.17, 15) is 22.4 Å². The molecule has 12 heteroatoms. The largest absolute Gasteiger partial charge is 0.401 e. The molecule has 1 aliphatic heterocycles. The van der Waals surface area contributed by atoms with Gasteiger partial charge in [-0.05, 0) is 68.1 Å². The molecule has 0 saturated carbocycles. The van der Waals surface area contributed by atoms with Gasteiger partial charge in [0.1, 0.15) is 18.0 Å². The van der Waals surface area contributed by atoms with Crippen molar-refractivity contribution in [1.82, 2.24) is 30.2 Å². The first-order valence-corrected chi connectivity index (χ1v) is 14.2. The lowest BCUT2D eigenvalue weighted by Crippen LogP contribution is -2.40. The Morgan fingerprint density at radius 3 is 2.56 bits per heavy atom. The molecule has 8 nitrogen and oxygen atoms in total. The molecular weight excluding hydrogens is 562 g/mol. The first-order valence-electron chi connectivity index (χ1n) is 14.2. The summed E-state index contributed by atoms with van der Waals surface area (Å²) in [5.41, 5.74) is 3.88. The minimum Gasteiger partial charge on any atom is -0.369 e. The zero-order valence-electron chi connectivity index (χ0n) is 24.0. The Morgan fingerprint density at radius 1 is 1.07 bits per heavy atom. The highest BCUT2D eigenvalue weighted by Gasteiger charge is 2.32. The standard InChI is InChI=1S/C31H33F4N7O/c1-19(23-5-6-25(32)28-24(30(43)36-2)7-10-37-29(23)28)15-39-27-14-26(40-18-41-27)21-3-4-22(38-16-21)13-20-8-11-42(12-9-20)17-31(33,34)35/h3-7,10,14,16,18-20H,8-9,11-13,15,17H2,1-2H3,(H,36,43)(H,39,40,41)/t19-/m1/s1. The lowest BCUT2D eigenvalue weighted by molar-refractivity contribution is -0.148. The third-order valence-electron chi connectivity index (χ3n) is 7.86. The van der Waals surface area contributed by atoms with Crippen LogP contribution in [0.5, 0.6) is 0 Å². The summed E-state index contributed by atoms with van der Waals surface area (Å²) in [4.78, 5) is 31.5. The highest BCUT2D eigenvalue weighted by atomic mass is 19.4. The topological polar surface area (TPSA) is 95.9 Å². The van der Waals surface area contributed by atoms with Gasteiger partial charge < -0.3 is 10.6 Å². The fraction of sp³-hybridized carbons (Fsp3) is 0.387. The van der Waals surface area contributed by atoms with Crippen LogP contribution in [0.2, 0.25) is 0 Å². The molecule has 5 rings (SSSR count). The van der Waals surface area contributed by atoms with Crippen molar-refractivity contribution in [2.24, 2.45) is 5.92 Å². The van der Waals surface area contributed by atoms with E-state index in [-0.39, 0.29) is 22.8 Å². The van der Waals surface area contributed by atoms with Gasteiger partial charge in [-0.15, -0.1) is 0 Å².